The van der Waals surface area contributed by atoms with Crippen molar-refractivity contribution in [1.29, 1.82) is 0 Å². The summed E-state index contributed by atoms with van der Waals surface area (Å²) in [6.07, 6.45) is 0. The standard InChI is InChI=1S/C40H27NO/c1-3-13-28(14-4-1)30-16-11-19-32(27-30)41(31-17-5-2-6-18-31)36-23-9-7-20-33(36)34-22-12-15-29-25-26-38-40(39(29)34)35-21-8-10-24-37(35)42-38/h1-27H. The highest BCUT2D eigenvalue weighted by molar-refractivity contribution is 6.23. The molecule has 0 amide bonds. The molecule has 0 spiro atoms. The number of nitrogens with zero attached hydrogens (tertiary/aromatic N) is 1. The monoisotopic (exact) mass is 537 g/mol. The molecule has 8 rings (SSSR count). The molecular formula is C40H27NO. The Bertz CT molecular complexity index is 2200. The number of hydrogen-bond acceptors (Lipinski definition) is 2. The maximum absolute atomic E-state index is 6.31. The highest BCUT2D eigenvalue weighted by Crippen LogP contribution is 2.45. The molecule has 2 nitrogen and oxygen atoms in total. The van der Waals surface area contributed by atoms with Gasteiger partial charge < -0.3 is 9.32 Å². The third-order valence-corrected chi connectivity index (χ3v) is 8.04. The fourth-order valence-corrected chi connectivity index (χ4v) is 6.17. The fourth-order valence-electron chi connectivity index (χ4n) is 6.17. The smallest absolute Gasteiger partial charge is 0.136 e. The van der Waals surface area contributed by atoms with Gasteiger partial charge in [0, 0.05) is 33.1 Å². The minimum Gasteiger partial charge on any atom is -0.456 e. The number of benzene rings is 7. The van der Waals surface area contributed by atoms with Crippen LogP contribution in [0.5, 0.6) is 0 Å². The Kier molecular flexibility index (Phi) is 5.82. The van der Waals surface area contributed by atoms with Crippen molar-refractivity contribution in [2.45, 2.75) is 0 Å². The molecule has 0 aliphatic heterocycles. The molecule has 0 bridgehead atoms. The van der Waals surface area contributed by atoms with E-state index in [4.69, 9.17) is 4.42 Å². The lowest BCUT2D eigenvalue weighted by Crippen LogP contribution is -2.11. The summed E-state index contributed by atoms with van der Waals surface area (Å²) in [5.41, 5.74) is 9.87. The maximum Gasteiger partial charge on any atom is 0.136 e. The van der Waals surface area contributed by atoms with Crippen molar-refractivity contribution in [1.82, 2.24) is 0 Å². The van der Waals surface area contributed by atoms with E-state index >= 15 is 0 Å². The van der Waals surface area contributed by atoms with E-state index in [2.05, 4.69) is 163 Å². The van der Waals surface area contributed by atoms with Crippen molar-refractivity contribution in [3.05, 3.63) is 164 Å². The summed E-state index contributed by atoms with van der Waals surface area (Å²) in [4.78, 5) is 2.37. The lowest BCUT2D eigenvalue weighted by atomic mass is 9.93. The van der Waals surface area contributed by atoms with Gasteiger partial charge in [-0.3, -0.25) is 0 Å². The van der Waals surface area contributed by atoms with Gasteiger partial charge in [0.15, 0.2) is 0 Å². The normalized spacial score (nSPS) is 11.3. The molecule has 0 N–H and O–H groups in total. The molecule has 0 saturated carbocycles. The van der Waals surface area contributed by atoms with E-state index in [1.807, 2.05) is 6.07 Å². The average Bonchev–Trinajstić information content (AvgIpc) is 3.45. The lowest BCUT2D eigenvalue weighted by molar-refractivity contribution is 0.669. The van der Waals surface area contributed by atoms with Crippen molar-refractivity contribution < 1.29 is 4.42 Å². The molecule has 8 aromatic rings. The largest absolute Gasteiger partial charge is 0.456 e. The molecule has 1 aromatic heterocycles. The van der Waals surface area contributed by atoms with E-state index in [-0.39, 0.29) is 0 Å². The van der Waals surface area contributed by atoms with E-state index in [1.54, 1.807) is 0 Å². The topological polar surface area (TPSA) is 16.4 Å². The average molecular weight is 538 g/mol. The second-order valence-corrected chi connectivity index (χ2v) is 10.5. The Hall–Kier alpha value is -5.60. The van der Waals surface area contributed by atoms with Gasteiger partial charge in [-0.05, 0) is 64.5 Å². The summed E-state index contributed by atoms with van der Waals surface area (Å²) >= 11 is 0. The Morgan fingerprint density at radius 2 is 1.07 bits per heavy atom. The Balaban J connectivity index is 1.40. The van der Waals surface area contributed by atoms with Crippen LogP contribution in [-0.2, 0) is 0 Å². The first-order valence-electron chi connectivity index (χ1n) is 14.3. The molecule has 0 unspecified atom stereocenters. The minimum atomic E-state index is 0.907. The van der Waals surface area contributed by atoms with Crippen LogP contribution in [0.2, 0.25) is 0 Å². The van der Waals surface area contributed by atoms with Crippen molar-refractivity contribution >= 4 is 49.8 Å². The second kappa shape index (κ2) is 10.1. The molecule has 0 radical (unpaired) electrons. The highest BCUT2D eigenvalue weighted by Gasteiger charge is 2.20. The van der Waals surface area contributed by atoms with Gasteiger partial charge >= 0.3 is 0 Å². The molecule has 42 heavy (non-hydrogen) atoms. The van der Waals surface area contributed by atoms with Gasteiger partial charge in [-0.15, -0.1) is 0 Å². The van der Waals surface area contributed by atoms with Crippen LogP contribution in [0.1, 0.15) is 0 Å². The zero-order chi connectivity index (χ0) is 27.9. The quantitative estimate of drug-likeness (QED) is 0.217. The zero-order valence-corrected chi connectivity index (χ0v) is 22.9. The maximum atomic E-state index is 6.31. The number of fused-ring (bicyclic) bond motifs is 5. The summed E-state index contributed by atoms with van der Waals surface area (Å²) in [6.45, 7) is 0. The molecule has 1 heterocycles. The SMILES string of the molecule is c1ccc(-c2cccc(N(c3ccccc3)c3ccccc3-c3cccc4ccc5oc6ccccc6c5c34)c2)cc1. The summed E-state index contributed by atoms with van der Waals surface area (Å²) in [5.74, 6) is 0. The Labute approximate surface area is 244 Å². The Morgan fingerprint density at radius 1 is 0.405 bits per heavy atom. The van der Waals surface area contributed by atoms with E-state index < -0.39 is 0 Å². The van der Waals surface area contributed by atoms with Gasteiger partial charge in [0.1, 0.15) is 11.2 Å². The van der Waals surface area contributed by atoms with Crippen molar-refractivity contribution in [2.75, 3.05) is 4.90 Å². The van der Waals surface area contributed by atoms with Crippen LogP contribution in [0.25, 0.3) is 55.0 Å². The number of furan rings is 1. The van der Waals surface area contributed by atoms with E-state index in [0.717, 1.165) is 44.6 Å². The first-order chi connectivity index (χ1) is 20.8. The lowest BCUT2D eigenvalue weighted by Gasteiger charge is -2.28. The number of para-hydroxylation sites is 3. The number of rotatable bonds is 5. The van der Waals surface area contributed by atoms with E-state index in [0.29, 0.717) is 0 Å². The molecule has 0 aliphatic carbocycles. The highest BCUT2D eigenvalue weighted by atomic mass is 16.3. The molecule has 7 aromatic carbocycles. The summed E-state index contributed by atoms with van der Waals surface area (Å²) in [7, 11) is 0. The summed E-state index contributed by atoms with van der Waals surface area (Å²) in [6, 6.07) is 57.9. The molecule has 0 aliphatic rings. The first-order valence-corrected chi connectivity index (χ1v) is 14.3. The third-order valence-electron chi connectivity index (χ3n) is 8.04. The third kappa shape index (κ3) is 4.05. The van der Waals surface area contributed by atoms with Gasteiger partial charge in [0.25, 0.3) is 0 Å². The van der Waals surface area contributed by atoms with Gasteiger partial charge in [-0.25, -0.2) is 0 Å². The van der Waals surface area contributed by atoms with Crippen LogP contribution in [0, 0.1) is 0 Å². The van der Waals surface area contributed by atoms with Crippen LogP contribution < -0.4 is 4.90 Å². The van der Waals surface area contributed by atoms with Crippen LogP contribution in [0.15, 0.2) is 168 Å². The number of anilines is 3. The van der Waals surface area contributed by atoms with Crippen molar-refractivity contribution in [3.8, 4) is 22.3 Å². The van der Waals surface area contributed by atoms with E-state index in [9.17, 15) is 0 Å². The molecular weight excluding hydrogens is 510 g/mol. The second-order valence-electron chi connectivity index (χ2n) is 10.5. The van der Waals surface area contributed by atoms with Crippen LogP contribution in [0.4, 0.5) is 17.1 Å². The van der Waals surface area contributed by atoms with Crippen LogP contribution in [-0.4, -0.2) is 0 Å². The van der Waals surface area contributed by atoms with Gasteiger partial charge in [0.05, 0.1) is 5.69 Å². The fraction of sp³-hybridized carbons (Fsp3) is 0. The van der Waals surface area contributed by atoms with Crippen LogP contribution in [0.3, 0.4) is 0 Å². The van der Waals surface area contributed by atoms with Crippen molar-refractivity contribution in [2.24, 2.45) is 0 Å². The summed E-state index contributed by atoms with van der Waals surface area (Å²) < 4.78 is 6.31. The molecule has 198 valence electrons. The molecule has 0 fully saturated rings. The van der Waals surface area contributed by atoms with E-state index in [1.165, 1.54) is 27.5 Å². The number of hydrogen-bond donors (Lipinski definition) is 0. The minimum absolute atomic E-state index is 0.907. The van der Waals surface area contributed by atoms with Gasteiger partial charge in [-0.1, -0.05) is 121 Å². The van der Waals surface area contributed by atoms with Gasteiger partial charge in [-0.2, -0.15) is 0 Å². The molecule has 0 saturated heterocycles. The molecule has 2 heteroatoms. The zero-order valence-electron chi connectivity index (χ0n) is 22.9. The Morgan fingerprint density at radius 3 is 1.95 bits per heavy atom. The van der Waals surface area contributed by atoms with Crippen molar-refractivity contribution in [3.63, 3.8) is 0 Å². The predicted octanol–water partition coefficient (Wildman–Crippen LogP) is 11.5. The first kappa shape index (κ1) is 24.2. The van der Waals surface area contributed by atoms with Gasteiger partial charge in [0.2, 0.25) is 0 Å². The summed E-state index contributed by atoms with van der Waals surface area (Å²) in [5, 5.41) is 4.70. The predicted molar refractivity (Wildman–Crippen MR) is 177 cm³/mol. The van der Waals surface area contributed by atoms with Crippen LogP contribution >= 0.6 is 0 Å². The molecule has 0 atom stereocenters.